The van der Waals surface area contributed by atoms with Crippen LogP contribution in [0.2, 0.25) is 0 Å². The van der Waals surface area contributed by atoms with Gasteiger partial charge in [0.25, 0.3) is 0 Å². The van der Waals surface area contributed by atoms with E-state index >= 15 is 0 Å². The number of hydrogen-bond donors (Lipinski definition) is 1. The lowest BCUT2D eigenvalue weighted by Gasteiger charge is -2.58. The maximum absolute atomic E-state index is 11.5. The number of benzene rings is 1. The Hall–Kier alpha value is -2.56. The van der Waals surface area contributed by atoms with E-state index in [-0.39, 0.29) is 22.9 Å². The molecule has 5 heteroatoms. The van der Waals surface area contributed by atoms with Crippen LogP contribution in [0.15, 0.2) is 47.1 Å². The van der Waals surface area contributed by atoms with E-state index in [1.54, 1.807) is 7.11 Å². The van der Waals surface area contributed by atoms with Gasteiger partial charge in [-0.15, -0.1) is 0 Å². The maximum atomic E-state index is 11.5. The first kappa shape index (κ1) is 26.5. The average molecular weight is 493 g/mol. The fraction of sp³-hybridized carbons (Fsp3) is 0.613. The highest BCUT2D eigenvalue weighted by molar-refractivity contribution is 5.66. The summed E-state index contributed by atoms with van der Waals surface area (Å²) in [6.45, 7) is 10.7. The first-order valence-electron chi connectivity index (χ1n) is 13.6. The molecule has 0 aromatic heterocycles. The Bertz CT molecular complexity index is 1040. The van der Waals surface area contributed by atoms with Crippen LogP contribution in [0.25, 0.3) is 0 Å². The van der Waals surface area contributed by atoms with E-state index in [4.69, 9.17) is 9.47 Å². The van der Waals surface area contributed by atoms with E-state index < -0.39 is 0 Å². The van der Waals surface area contributed by atoms with Gasteiger partial charge in [-0.25, -0.2) is 0 Å². The zero-order valence-electron chi connectivity index (χ0n) is 23.0. The summed E-state index contributed by atoms with van der Waals surface area (Å²) in [4.78, 5) is 11.5. The minimum Gasteiger partial charge on any atom is -0.497 e. The molecule has 1 N–H and O–H groups in total. The second-order valence-electron chi connectivity index (χ2n) is 11.6. The summed E-state index contributed by atoms with van der Waals surface area (Å²) in [5.41, 5.74) is 7.29. The number of carbonyl (C=O) groups is 1. The van der Waals surface area contributed by atoms with Gasteiger partial charge < -0.3 is 9.47 Å². The summed E-state index contributed by atoms with van der Waals surface area (Å²) in [6.07, 6.45) is 16.8. The van der Waals surface area contributed by atoms with Gasteiger partial charge in [0, 0.05) is 19.6 Å². The Morgan fingerprint density at radius 3 is 2.75 bits per heavy atom. The van der Waals surface area contributed by atoms with E-state index in [1.807, 2.05) is 18.2 Å². The molecule has 0 spiro atoms. The SMILES string of the molecule is C/C=C/[C@@]1(C)CC[C@H]2[C@@H](CC=C3C[C@@H](OC(C)=O)CC[C@@]32C)[C@@H]1C/C=N/Nc1ccc(OC)cc1C. The number of hydrazone groups is 1. The monoisotopic (exact) mass is 492 g/mol. The fourth-order valence-electron chi connectivity index (χ4n) is 7.51. The second kappa shape index (κ2) is 10.8. The molecule has 1 aromatic rings. The number of aryl methyl sites for hydroxylation is 1. The topological polar surface area (TPSA) is 59.9 Å². The second-order valence-corrected chi connectivity index (χ2v) is 11.6. The lowest BCUT2D eigenvalue weighted by molar-refractivity contribution is -0.148. The lowest BCUT2D eigenvalue weighted by atomic mass is 9.47. The van der Waals surface area contributed by atoms with Crippen LogP contribution >= 0.6 is 0 Å². The molecule has 4 rings (SSSR count). The van der Waals surface area contributed by atoms with Gasteiger partial charge in [-0.3, -0.25) is 10.2 Å². The van der Waals surface area contributed by atoms with Gasteiger partial charge in [-0.1, -0.05) is 37.6 Å². The van der Waals surface area contributed by atoms with Crippen molar-refractivity contribution >= 4 is 17.9 Å². The number of esters is 1. The van der Waals surface area contributed by atoms with Gasteiger partial charge in [0.1, 0.15) is 11.9 Å². The molecule has 0 amide bonds. The largest absolute Gasteiger partial charge is 0.497 e. The van der Waals surface area contributed by atoms with Gasteiger partial charge in [0.15, 0.2) is 0 Å². The molecule has 3 aliphatic rings. The molecule has 5 nitrogen and oxygen atoms in total. The third kappa shape index (κ3) is 5.26. The van der Waals surface area contributed by atoms with E-state index in [9.17, 15) is 4.79 Å². The molecule has 1 aromatic carbocycles. The number of carbonyl (C=O) groups excluding carboxylic acids is 1. The van der Waals surface area contributed by atoms with E-state index in [2.05, 4.69) is 62.7 Å². The Morgan fingerprint density at radius 1 is 1.25 bits per heavy atom. The Labute approximate surface area is 217 Å². The summed E-state index contributed by atoms with van der Waals surface area (Å²) >= 11 is 0. The quantitative estimate of drug-likeness (QED) is 0.186. The molecule has 3 aliphatic carbocycles. The summed E-state index contributed by atoms with van der Waals surface area (Å²) in [5.74, 6) is 2.54. The van der Waals surface area contributed by atoms with Gasteiger partial charge in [0.2, 0.25) is 0 Å². The van der Waals surface area contributed by atoms with E-state index in [0.717, 1.165) is 49.1 Å². The third-order valence-corrected chi connectivity index (χ3v) is 9.45. The number of fused-ring (bicyclic) bond motifs is 3. The highest BCUT2D eigenvalue weighted by Crippen LogP contribution is 2.62. The zero-order valence-corrected chi connectivity index (χ0v) is 23.0. The molecule has 6 atom stereocenters. The van der Waals surface area contributed by atoms with Crippen molar-refractivity contribution in [3.05, 3.63) is 47.6 Å². The average Bonchev–Trinajstić information content (AvgIpc) is 2.83. The van der Waals surface area contributed by atoms with Crippen LogP contribution in [0.4, 0.5) is 5.69 Å². The smallest absolute Gasteiger partial charge is 0.302 e. The predicted molar refractivity (Wildman–Crippen MR) is 147 cm³/mol. The molecular weight excluding hydrogens is 448 g/mol. The van der Waals surface area contributed by atoms with E-state index in [1.165, 1.54) is 25.3 Å². The highest BCUT2D eigenvalue weighted by atomic mass is 16.5. The number of allylic oxidation sites excluding steroid dienone is 3. The van der Waals surface area contributed by atoms with Crippen molar-refractivity contribution in [2.75, 3.05) is 12.5 Å². The van der Waals surface area contributed by atoms with Crippen LogP contribution in [-0.2, 0) is 9.53 Å². The summed E-state index contributed by atoms with van der Waals surface area (Å²) in [7, 11) is 1.69. The van der Waals surface area contributed by atoms with Crippen LogP contribution in [0.1, 0.15) is 78.2 Å². The minimum atomic E-state index is -0.157. The highest BCUT2D eigenvalue weighted by Gasteiger charge is 2.54. The lowest BCUT2D eigenvalue weighted by Crippen LogP contribution is -2.50. The van der Waals surface area contributed by atoms with Crippen molar-refractivity contribution in [1.29, 1.82) is 0 Å². The normalized spacial score (nSPS) is 34.1. The maximum Gasteiger partial charge on any atom is 0.302 e. The number of hydrogen-bond acceptors (Lipinski definition) is 5. The molecule has 36 heavy (non-hydrogen) atoms. The van der Waals surface area contributed by atoms with Crippen molar-refractivity contribution in [2.24, 2.45) is 33.7 Å². The number of ether oxygens (including phenoxy) is 2. The Kier molecular flexibility index (Phi) is 7.96. The van der Waals surface area contributed by atoms with Crippen LogP contribution in [0.5, 0.6) is 5.75 Å². The Morgan fingerprint density at radius 2 is 2.06 bits per heavy atom. The Balaban J connectivity index is 1.52. The van der Waals surface area contributed by atoms with Crippen LogP contribution in [0.3, 0.4) is 0 Å². The van der Waals surface area contributed by atoms with Crippen molar-refractivity contribution < 1.29 is 14.3 Å². The van der Waals surface area contributed by atoms with Gasteiger partial charge in [-0.05, 0) is 105 Å². The van der Waals surface area contributed by atoms with Gasteiger partial charge >= 0.3 is 5.97 Å². The molecule has 0 radical (unpaired) electrons. The predicted octanol–water partition coefficient (Wildman–Crippen LogP) is 7.47. The van der Waals surface area contributed by atoms with Crippen molar-refractivity contribution in [2.45, 2.75) is 85.7 Å². The molecule has 0 bridgehead atoms. The first-order valence-corrected chi connectivity index (χ1v) is 13.6. The van der Waals surface area contributed by atoms with Crippen LogP contribution in [0, 0.1) is 35.5 Å². The zero-order chi connectivity index (χ0) is 25.9. The number of rotatable bonds is 7. The molecule has 0 aliphatic heterocycles. The molecule has 0 heterocycles. The van der Waals surface area contributed by atoms with Crippen molar-refractivity contribution in [3.63, 3.8) is 0 Å². The number of anilines is 1. The molecule has 0 saturated heterocycles. The number of nitrogens with zero attached hydrogens (tertiary/aromatic N) is 1. The molecule has 2 saturated carbocycles. The third-order valence-electron chi connectivity index (χ3n) is 9.45. The molecule has 2 fully saturated rings. The summed E-state index contributed by atoms with van der Waals surface area (Å²) in [5, 5.41) is 4.65. The minimum absolute atomic E-state index is 0.0469. The van der Waals surface area contributed by atoms with Gasteiger partial charge in [-0.2, -0.15) is 5.10 Å². The molecular formula is C31H44N2O3. The molecule has 196 valence electrons. The first-order chi connectivity index (χ1) is 17.2. The standard InChI is InChI=1S/C31H44N2O3/c1-7-15-30(4)16-13-28-26(10-8-23-20-25(36-22(3)34)12-17-31(23,28)5)27(30)14-18-32-33-29-11-9-24(35-6)19-21(29)2/h7-9,11,15,18-19,25-28,33H,10,12-14,16-17,20H2,1-6H3/b15-7+,32-18+/t25-,26-,27-,28-,30-,31-/m0/s1. The van der Waals surface area contributed by atoms with Crippen molar-refractivity contribution in [3.8, 4) is 5.75 Å². The molecule has 0 unspecified atom stereocenters. The summed E-state index contributed by atoms with van der Waals surface area (Å²) < 4.78 is 10.9. The number of nitrogens with one attached hydrogen (secondary N) is 1. The van der Waals surface area contributed by atoms with Crippen molar-refractivity contribution in [1.82, 2.24) is 0 Å². The summed E-state index contributed by atoms with van der Waals surface area (Å²) in [6, 6.07) is 6.00. The van der Waals surface area contributed by atoms with Crippen LogP contribution < -0.4 is 10.2 Å². The fourth-order valence-corrected chi connectivity index (χ4v) is 7.51. The van der Waals surface area contributed by atoms with Crippen LogP contribution in [-0.4, -0.2) is 25.4 Å². The number of methoxy groups -OCH3 is 1. The van der Waals surface area contributed by atoms with Gasteiger partial charge in [0.05, 0.1) is 12.8 Å². The van der Waals surface area contributed by atoms with E-state index in [0.29, 0.717) is 17.8 Å².